The highest BCUT2D eigenvalue weighted by Gasteiger charge is 2.13. The van der Waals surface area contributed by atoms with Crippen LogP contribution < -0.4 is 0 Å². The molecule has 2 heterocycles. The summed E-state index contributed by atoms with van der Waals surface area (Å²) in [6.07, 6.45) is 3.64. The fourth-order valence-corrected chi connectivity index (χ4v) is 2.51. The van der Waals surface area contributed by atoms with Crippen LogP contribution >= 0.6 is 0 Å². The number of nitrogens with zero attached hydrogens (tertiary/aromatic N) is 3. The second kappa shape index (κ2) is 5.08. The van der Waals surface area contributed by atoms with Gasteiger partial charge in [0.1, 0.15) is 5.82 Å². The number of imidazole rings is 1. The van der Waals surface area contributed by atoms with Gasteiger partial charge in [-0.25, -0.2) is 4.98 Å². The molecule has 0 amide bonds. The Morgan fingerprint density at radius 3 is 2.55 bits per heavy atom. The van der Waals surface area contributed by atoms with Crippen LogP contribution in [0.25, 0.3) is 22.4 Å². The van der Waals surface area contributed by atoms with Gasteiger partial charge in [-0.2, -0.15) is 0 Å². The van der Waals surface area contributed by atoms with Crippen molar-refractivity contribution in [2.45, 2.75) is 27.3 Å². The summed E-state index contributed by atoms with van der Waals surface area (Å²) < 4.78 is 2.31. The second-order valence-corrected chi connectivity index (χ2v) is 5.67. The van der Waals surface area contributed by atoms with Gasteiger partial charge in [-0.3, -0.25) is 4.98 Å². The van der Waals surface area contributed by atoms with E-state index in [1.54, 1.807) is 0 Å². The van der Waals surface area contributed by atoms with Crippen LogP contribution in [0.1, 0.15) is 19.4 Å². The van der Waals surface area contributed by atoms with Crippen molar-refractivity contribution in [1.29, 1.82) is 0 Å². The molecular weight excluding hydrogens is 246 g/mol. The van der Waals surface area contributed by atoms with Crippen molar-refractivity contribution in [2.75, 3.05) is 0 Å². The van der Waals surface area contributed by atoms with Crippen LogP contribution in [0.2, 0.25) is 0 Å². The lowest BCUT2D eigenvalue weighted by Gasteiger charge is -2.11. The molecule has 20 heavy (non-hydrogen) atoms. The Morgan fingerprint density at radius 2 is 1.85 bits per heavy atom. The van der Waals surface area contributed by atoms with E-state index in [0.29, 0.717) is 5.92 Å². The molecule has 0 aliphatic heterocycles. The Kier molecular flexibility index (Phi) is 3.26. The van der Waals surface area contributed by atoms with Gasteiger partial charge in [0.25, 0.3) is 0 Å². The van der Waals surface area contributed by atoms with Gasteiger partial charge in [0, 0.05) is 24.5 Å². The molecule has 3 rings (SSSR count). The molecule has 0 saturated heterocycles. The quantitative estimate of drug-likeness (QED) is 0.715. The van der Waals surface area contributed by atoms with Crippen LogP contribution in [-0.4, -0.2) is 14.5 Å². The topological polar surface area (TPSA) is 30.7 Å². The number of fused-ring (bicyclic) bond motifs is 1. The smallest absolute Gasteiger partial charge is 0.141 e. The summed E-state index contributed by atoms with van der Waals surface area (Å²) in [6, 6.07) is 10.5. The number of hydrogen-bond acceptors (Lipinski definition) is 2. The third kappa shape index (κ3) is 2.31. The van der Waals surface area contributed by atoms with E-state index in [1.165, 1.54) is 11.1 Å². The summed E-state index contributed by atoms with van der Waals surface area (Å²) in [5.74, 6) is 1.61. The summed E-state index contributed by atoms with van der Waals surface area (Å²) in [5.41, 5.74) is 4.64. The van der Waals surface area contributed by atoms with Crippen molar-refractivity contribution in [3.05, 3.63) is 48.3 Å². The van der Waals surface area contributed by atoms with Gasteiger partial charge in [-0.15, -0.1) is 0 Å². The van der Waals surface area contributed by atoms with Crippen LogP contribution in [0, 0.1) is 12.8 Å². The predicted molar refractivity (Wildman–Crippen MR) is 82.5 cm³/mol. The van der Waals surface area contributed by atoms with Crippen molar-refractivity contribution in [1.82, 2.24) is 14.5 Å². The molecule has 0 unspecified atom stereocenters. The first-order chi connectivity index (χ1) is 9.65. The van der Waals surface area contributed by atoms with Gasteiger partial charge < -0.3 is 4.57 Å². The molecule has 0 spiro atoms. The molecule has 0 aliphatic carbocycles. The zero-order valence-corrected chi connectivity index (χ0v) is 12.2. The molecule has 2 aromatic heterocycles. The number of hydrogen-bond donors (Lipinski definition) is 0. The molecule has 0 fully saturated rings. The zero-order valence-electron chi connectivity index (χ0n) is 12.2. The zero-order chi connectivity index (χ0) is 14.1. The molecule has 102 valence electrons. The van der Waals surface area contributed by atoms with Crippen LogP contribution in [0.4, 0.5) is 0 Å². The van der Waals surface area contributed by atoms with E-state index in [2.05, 4.69) is 48.5 Å². The normalized spacial score (nSPS) is 11.4. The number of pyridine rings is 1. The Bertz CT molecular complexity index is 727. The molecule has 0 atom stereocenters. The highest BCUT2D eigenvalue weighted by molar-refractivity contribution is 5.81. The van der Waals surface area contributed by atoms with E-state index < -0.39 is 0 Å². The molecule has 0 N–H and O–H groups in total. The highest BCUT2D eigenvalue weighted by Crippen LogP contribution is 2.26. The maximum Gasteiger partial charge on any atom is 0.141 e. The summed E-state index contributed by atoms with van der Waals surface area (Å²) in [4.78, 5) is 8.92. The number of aromatic nitrogens is 3. The summed E-state index contributed by atoms with van der Waals surface area (Å²) in [6.45, 7) is 7.54. The standard InChI is InChI=1S/C17H19N3/c1-12(2)11-20-16-5-4-13(3)10-15(16)19-17(20)14-6-8-18-9-7-14/h4-10,12H,11H2,1-3H3. The fourth-order valence-electron chi connectivity index (χ4n) is 2.51. The molecule has 0 radical (unpaired) electrons. The first-order valence-corrected chi connectivity index (χ1v) is 7.02. The highest BCUT2D eigenvalue weighted by atomic mass is 15.1. The molecular formula is C17H19N3. The van der Waals surface area contributed by atoms with Crippen molar-refractivity contribution >= 4 is 11.0 Å². The Balaban J connectivity index is 2.24. The largest absolute Gasteiger partial charge is 0.324 e. The average molecular weight is 265 g/mol. The van der Waals surface area contributed by atoms with Gasteiger partial charge in [-0.1, -0.05) is 19.9 Å². The van der Waals surface area contributed by atoms with Crippen molar-refractivity contribution in [3.8, 4) is 11.4 Å². The Hall–Kier alpha value is -2.16. The maximum absolute atomic E-state index is 4.83. The molecule has 3 nitrogen and oxygen atoms in total. The number of rotatable bonds is 3. The van der Waals surface area contributed by atoms with E-state index >= 15 is 0 Å². The van der Waals surface area contributed by atoms with E-state index in [0.717, 1.165) is 23.4 Å². The minimum atomic E-state index is 0.578. The van der Waals surface area contributed by atoms with Crippen LogP contribution in [0.15, 0.2) is 42.7 Å². The third-order valence-corrected chi connectivity index (χ3v) is 3.39. The summed E-state index contributed by atoms with van der Waals surface area (Å²) in [5, 5.41) is 0. The monoisotopic (exact) mass is 265 g/mol. The van der Waals surface area contributed by atoms with Crippen LogP contribution in [-0.2, 0) is 6.54 Å². The third-order valence-electron chi connectivity index (χ3n) is 3.39. The van der Waals surface area contributed by atoms with Crippen molar-refractivity contribution in [2.24, 2.45) is 5.92 Å². The minimum Gasteiger partial charge on any atom is -0.324 e. The molecule has 0 bridgehead atoms. The first kappa shape index (κ1) is 12.9. The average Bonchev–Trinajstić information content (AvgIpc) is 2.77. The lowest BCUT2D eigenvalue weighted by Crippen LogP contribution is -2.06. The molecule has 0 saturated carbocycles. The molecule has 3 heteroatoms. The number of benzene rings is 1. The maximum atomic E-state index is 4.83. The molecule has 0 aliphatic rings. The Labute approximate surface area is 119 Å². The fraction of sp³-hybridized carbons (Fsp3) is 0.294. The van der Waals surface area contributed by atoms with E-state index in [-0.39, 0.29) is 0 Å². The molecule has 3 aromatic rings. The van der Waals surface area contributed by atoms with Gasteiger partial charge in [0.15, 0.2) is 0 Å². The van der Waals surface area contributed by atoms with E-state index in [9.17, 15) is 0 Å². The van der Waals surface area contributed by atoms with Gasteiger partial charge in [0.05, 0.1) is 11.0 Å². The summed E-state index contributed by atoms with van der Waals surface area (Å²) in [7, 11) is 0. The Morgan fingerprint density at radius 1 is 1.10 bits per heavy atom. The molecule has 1 aromatic carbocycles. The van der Waals surface area contributed by atoms with Gasteiger partial charge in [0.2, 0.25) is 0 Å². The minimum absolute atomic E-state index is 0.578. The number of aryl methyl sites for hydroxylation is 1. The summed E-state index contributed by atoms with van der Waals surface area (Å²) >= 11 is 0. The van der Waals surface area contributed by atoms with E-state index in [1.807, 2.05) is 24.5 Å². The second-order valence-electron chi connectivity index (χ2n) is 5.67. The van der Waals surface area contributed by atoms with Gasteiger partial charge in [-0.05, 0) is 42.7 Å². The first-order valence-electron chi connectivity index (χ1n) is 7.02. The van der Waals surface area contributed by atoms with Crippen LogP contribution in [0.5, 0.6) is 0 Å². The SMILES string of the molecule is Cc1ccc2c(c1)nc(-c1ccncc1)n2CC(C)C. The van der Waals surface area contributed by atoms with E-state index in [4.69, 9.17) is 4.98 Å². The predicted octanol–water partition coefficient (Wildman–Crippen LogP) is 4.06. The van der Waals surface area contributed by atoms with Crippen LogP contribution in [0.3, 0.4) is 0 Å². The van der Waals surface area contributed by atoms with Gasteiger partial charge >= 0.3 is 0 Å². The van der Waals surface area contributed by atoms with Crippen molar-refractivity contribution in [3.63, 3.8) is 0 Å². The lowest BCUT2D eigenvalue weighted by atomic mass is 10.2. The lowest BCUT2D eigenvalue weighted by molar-refractivity contribution is 0.536. The van der Waals surface area contributed by atoms with Crippen molar-refractivity contribution < 1.29 is 0 Å².